The van der Waals surface area contributed by atoms with Crippen LogP contribution in [-0.4, -0.2) is 28.2 Å². The second-order valence-corrected chi connectivity index (χ2v) is 9.04. The quantitative estimate of drug-likeness (QED) is 0.405. The number of aliphatic hydroxyl groups excluding tert-OH is 1. The maximum Gasteiger partial charge on any atom is 0.295 e. The van der Waals surface area contributed by atoms with Crippen molar-refractivity contribution >= 4 is 17.4 Å². The molecule has 158 valence electrons. The Morgan fingerprint density at radius 1 is 1.07 bits per heavy atom. The molecule has 3 rings (SSSR count). The van der Waals surface area contributed by atoms with Crippen molar-refractivity contribution in [1.29, 1.82) is 0 Å². The molecular weight excluding hydrogens is 374 g/mol. The molecule has 1 unspecified atom stereocenters. The lowest BCUT2D eigenvalue weighted by Gasteiger charge is -2.25. The van der Waals surface area contributed by atoms with Gasteiger partial charge in [0.25, 0.3) is 11.7 Å². The summed E-state index contributed by atoms with van der Waals surface area (Å²) in [5, 5.41) is 11.3. The maximum absolute atomic E-state index is 13.1. The Hall–Kier alpha value is -2.88. The van der Waals surface area contributed by atoms with Crippen LogP contribution < -0.4 is 0 Å². The van der Waals surface area contributed by atoms with Gasteiger partial charge in [-0.3, -0.25) is 9.59 Å². The minimum atomic E-state index is -0.613. The van der Waals surface area contributed by atoms with Gasteiger partial charge in [-0.25, -0.2) is 0 Å². The molecule has 1 heterocycles. The number of unbranched alkanes of at least 4 members (excludes halogenated alkanes) is 1. The highest BCUT2D eigenvalue weighted by atomic mass is 16.3. The number of hydrogen-bond acceptors (Lipinski definition) is 3. The van der Waals surface area contributed by atoms with Crippen molar-refractivity contribution in [3.63, 3.8) is 0 Å². The molecule has 2 aromatic rings. The van der Waals surface area contributed by atoms with Crippen molar-refractivity contribution in [1.82, 2.24) is 4.90 Å². The summed E-state index contributed by atoms with van der Waals surface area (Å²) in [6.07, 6.45) is 1.71. The molecule has 30 heavy (non-hydrogen) atoms. The number of Topliss-reactive ketones (excluding diaryl/α,β-unsaturated/α-hetero) is 1. The predicted molar refractivity (Wildman–Crippen MR) is 120 cm³/mol. The normalized spacial score (nSPS) is 18.8. The average molecular weight is 406 g/mol. The summed E-state index contributed by atoms with van der Waals surface area (Å²) in [7, 11) is 0. The number of benzene rings is 2. The number of nitrogens with zero attached hydrogens (tertiary/aromatic N) is 1. The van der Waals surface area contributed by atoms with E-state index in [-0.39, 0.29) is 16.7 Å². The molecule has 0 bridgehead atoms. The van der Waals surface area contributed by atoms with Gasteiger partial charge in [0.05, 0.1) is 11.6 Å². The van der Waals surface area contributed by atoms with Crippen molar-refractivity contribution in [2.45, 2.75) is 58.9 Å². The van der Waals surface area contributed by atoms with Crippen LogP contribution in [0.15, 0.2) is 54.1 Å². The van der Waals surface area contributed by atoms with E-state index in [1.54, 1.807) is 4.90 Å². The molecule has 0 spiro atoms. The van der Waals surface area contributed by atoms with Crippen molar-refractivity contribution in [3.8, 4) is 0 Å². The van der Waals surface area contributed by atoms with Gasteiger partial charge in [0.2, 0.25) is 0 Å². The number of aryl methyl sites for hydroxylation is 1. The van der Waals surface area contributed by atoms with E-state index in [0.29, 0.717) is 12.1 Å². The lowest BCUT2D eigenvalue weighted by atomic mass is 9.84. The number of likely N-dealkylation sites (tertiary alicyclic amines) is 1. The van der Waals surface area contributed by atoms with E-state index >= 15 is 0 Å². The van der Waals surface area contributed by atoms with Crippen LogP contribution in [0.3, 0.4) is 0 Å². The second kappa shape index (κ2) is 8.47. The summed E-state index contributed by atoms with van der Waals surface area (Å²) in [5.41, 5.74) is 3.44. The first-order valence-corrected chi connectivity index (χ1v) is 10.6. The highest BCUT2D eigenvalue weighted by molar-refractivity contribution is 6.46. The van der Waals surface area contributed by atoms with E-state index in [2.05, 4.69) is 27.7 Å². The molecule has 1 N–H and O–H groups in total. The van der Waals surface area contributed by atoms with Gasteiger partial charge in [-0.15, -0.1) is 0 Å². The van der Waals surface area contributed by atoms with E-state index in [1.165, 1.54) is 0 Å². The molecule has 0 aliphatic carbocycles. The smallest absolute Gasteiger partial charge is 0.295 e. The Morgan fingerprint density at radius 2 is 1.73 bits per heavy atom. The summed E-state index contributed by atoms with van der Waals surface area (Å²) in [5.74, 6) is -1.24. The van der Waals surface area contributed by atoms with E-state index < -0.39 is 17.7 Å². The van der Waals surface area contributed by atoms with Gasteiger partial charge in [-0.05, 0) is 41.5 Å². The van der Waals surface area contributed by atoms with Gasteiger partial charge >= 0.3 is 0 Å². The van der Waals surface area contributed by atoms with Crippen molar-refractivity contribution in [3.05, 3.63) is 76.4 Å². The third-order valence-electron chi connectivity index (χ3n) is 5.77. The Morgan fingerprint density at radius 3 is 2.33 bits per heavy atom. The first-order chi connectivity index (χ1) is 14.2. The Balaban J connectivity index is 2.21. The summed E-state index contributed by atoms with van der Waals surface area (Å²) in [6.45, 7) is 10.8. The number of aliphatic hydroxyl groups is 1. The number of carbonyl (C=O) groups is 2. The van der Waals surface area contributed by atoms with Gasteiger partial charge in [-0.2, -0.15) is 0 Å². The number of ketones is 1. The maximum atomic E-state index is 13.1. The van der Waals surface area contributed by atoms with Crippen LogP contribution in [0, 0.1) is 6.92 Å². The van der Waals surface area contributed by atoms with Crippen LogP contribution in [0.4, 0.5) is 0 Å². The highest BCUT2D eigenvalue weighted by Crippen LogP contribution is 2.40. The minimum Gasteiger partial charge on any atom is -0.507 e. The number of rotatable bonds is 5. The van der Waals surface area contributed by atoms with Crippen LogP contribution in [0.5, 0.6) is 0 Å². The third kappa shape index (κ3) is 4.04. The van der Waals surface area contributed by atoms with Crippen molar-refractivity contribution in [2.75, 3.05) is 6.54 Å². The molecule has 0 saturated carbocycles. The van der Waals surface area contributed by atoms with Crippen LogP contribution in [0.2, 0.25) is 0 Å². The Bertz CT molecular complexity index is 983. The van der Waals surface area contributed by atoms with E-state index in [4.69, 9.17) is 0 Å². The van der Waals surface area contributed by atoms with Gasteiger partial charge in [0.1, 0.15) is 5.76 Å². The molecule has 2 aromatic carbocycles. The molecule has 0 radical (unpaired) electrons. The largest absolute Gasteiger partial charge is 0.507 e. The summed E-state index contributed by atoms with van der Waals surface area (Å²) >= 11 is 0. The van der Waals surface area contributed by atoms with Crippen molar-refractivity contribution < 1.29 is 14.7 Å². The average Bonchev–Trinajstić information content (AvgIpc) is 2.96. The topological polar surface area (TPSA) is 57.6 Å². The molecule has 0 aromatic heterocycles. The van der Waals surface area contributed by atoms with Gasteiger partial charge in [0.15, 0.2) is 0 Å². The molecule has 1 amide bonds. The number of amides is 1. The molecule has 1 saturated heterocycles. The molecule has 1 aliphatic rings. The zero-order valence-corrected chi connectivity index (χ0v) is 18.5. The zero-order valence-electron chi connectivity index (χ0n) is 18.5. The Labute approximate surface area is 179 Å². The van der Waals surface area contributed by atoms with Gasteiger partial charge in [-0.1, -0.05) is 76.6 Å². The first-order valence-electron chi connectivity index (χ1n) is 10.6. The molecule has 1 atom stereocenters. The summed E-state index contributed by atoms with van der Waals surface area (Å²) in [6, 6.07) is 14.9. The van der Waals surface area contributed by atoms with Crippen molar-refractivity contribution in [2.24, 2.45) is 0 Å². The zero-order chi connectivity index (χ0) is 22.1. The molecular formula is C26H31NO3. The summed E-state index contributed by atoms with van der Waals surface area (Å²) in [4.78, 5) is 27.6. The fraction of sp³-hybridized carbons (Fsp3) is 0.385. The first kappa shape index (κ1) is 21.8. The summed E-state index contributed by atoms with van der Waals surface area (Å²) < 4.78 is 0. The lowest BCUT2D eigenvalue weighted by molar-refractivity contribution is -0.139. The van der Waals surface area contributed by atoms with Crippen LogP contribution in [0.25, 0.3) is 5.76 Å². The van der Waals surface area contributed by atoms with Crippen LogP contribution in [0.1, 0.15) is 68.8 Å². The molecule has 4 heteroatoms. The molecule has 1 aliphatic heterocycles. The lowest BCUT2D eigenvalue weighted by Crippen LogP contribution is -2.30. The van der Waals surface area contributed by atoms with Crippen LogP contribution in [-0.2, 0) is 15.0 Å². The van der Waals surface area contributed by atoms with E-state index in [1.807, 2.05) is 55.5 Å². The predicted octanol–water partition coefficient (Wildman–Crippen LogP) is 5.51. The monoisotopic (exact) mass is 405 g/mol. The molecule has 4 nitrogen and oxygen atoms in total. The molecule has 1 fully saturated rings. The fourth-order valence-corrected chi connectivity index (χ4v) is 3.91. The van der Waals surface area contributed by atoms with E-state index in [0.717, 1.165) is 29.5 Å². The standard InChI is InChI=1S/C26H31NO3/c1-6-7-15-27-22(18-11-9-8-10-12-18)21(24(29)25(27)30)23(28)20-16-19(26(3,4)5)14-13-17(20)2/h8-14,16,22,28H,6-7,15H2,1-5H3/b23-21+. The second-order valence-electron chi connectivity index (χ2n) is 9.04. The highest BCUT2D eigenvalue weighted by Gasteiger charge is 2.45. The minimum absolute atomic E-state index is 0.0928. The number of hydrogen-bond donors (Lipinski definition) is 1. The van der Waals surface area contributed by atoms with E-state index in [9.17, 15) is 14.7 Å². The van der Waals surface area contributed by atoms with Gasteiger partial charge in [0, 0.05) is 12.1 Å². The third-order valence-corrected chi connectivity index (χ3v) is 5.77. The SMILES string of the molecule is CCCCN1C(=O)C(=O)/C(=C(/O)c2cc(C(C)(C)C)ccc2C)C1c1ccccc1. The number of carbonyl (C=O) groups excluding carboxylic acids is 2. The van der Waals surface area contributed by atoms with Gasteiger partial charge < -0.3 is 10.0 Å². The van der Waals surface area contributed by atoms with Crippen LogP contribution >= 0.6 is 0 Å². The fourth-order valence-electron chi connectivity index (χ4n) is 3.91. The Kier molecular flexibility index (Phi) is 6.16.